The third kappa shape index (κ3) is 5.56. The molecule has 0 N–H and O–H groups in total. The number of benzene rings is 3. The number of aromatic nitrogens is 1. The van der Waals surface area contributed by atoms with E-state index in [4.69, 9.17) is 4.74 Å². The highest BCUT2D eigenvalue weighted by atomic mass is 32.1. The van der Waals surface area contributed by atoms with Gasteiger partial charge < -0.3 is 4.74 Å². The zero-order valence-electron chi connectivity index (χ0n) is 18.7. The topological polar surface area (TPSA) is 141 Å². The Morgan fingerprint density at radius 1 is 1.00 bits per heavy atom. The first kappa shape index (κ1) is 24.2. The number of nitro groups is 2. The van der Waals surface area contributed by atoms with Crippen LogP contribution in [0.15, 0.2) is 77.9 Å². The predicted octanol–water partition coefficient (Wildman–Crippen LogP) is 5.20. The van der Waals surface area contributed by atoms with Crippen molar-refractivity contribution >= 4 is 56.3 Å². The maximum absolute atomic E-state index is 13.1. The number of non-ortho nitro benzene ring substituents is 2. The van der Waals surface area contributed by atoms with Crippen molar-refractivity contribution in [1.29, 1.82) is 0 Å². The van der Waals surface area contributed by atoms with E-state index in [9.17, 15) is 25.0 Å². The molecule has 4 aromatic rings. The van der Waals surface area contributed by atoms with E-state index in [0.29, 0.717) is 22.4 Å². The fourth-order valence-electron chi connectivity index (χ4n) is 3.10. The van der Waals surface area contributed by atoms with E-state index in [-0.39, 0.29) is 16.5 Å². The van der Waals surface area contributed by atoms with Crippen molar-refractivity contribution in [2.24, 2.45) is 5.10 Å². The number of methoxy groups -OCH3 is 1. The highest BCUT2D eigenvalue weighted by Gasteiger charge is 2.18. The molecule has 11 nitrogen and oxygen atoms in total. The second-order valence-corrected chi connectivity index (χ2v) is 8.27. The number of nitro benzene ring substituents is 2. The lowest BCUT2D eigenvalue weighted by Gasteiger charge is -2.11. The Balaban J connectivity index is 1.67. The van der Waals surface area contributed by atoms with Gasteiger partial charge in [-0.25, -0.2) is 4.98 Å². The van der Waals surface area contributed by atoms with Crippen LogP contribution in [0, 0.1) is 20.2 Å². The highest BCUT2D eigenvalue weighted by Crippen LogP contribution is 2.32. The van der Waals surface area contributed by atoms with E-state index in [2.05, 4.69) is 10.1 Å². The number of ether oxygens (including phenoxy) is 1. The van der Waals surface area contributed by atoms with Gasteiger partial charge in [-0.3, -0.25) is 25.0 Å². The summed E-state index contributed by atoms with van der Waals surface area (Å²) in [4.78, 5) is 38.5. The lowest BCUT2D eigenvalue weighted by Crippen LogP contribution is -2.23. The van der Waals surface area contributed by atoms with Crippen LogP contribution in [0.4, 0.5) is 16.5 Å². The van der Waals surface area contributed by atoms with Crippen molar-refractivity contribution in [3.05, 3.63) is 104 Å². The first-order valence-corrected chi connectivity index (χ1v) is 11.2. The van der Waals surface area contributed by atoms with Crippen LogP contribution in [0.1, 0.15) is 11.1 Å². The standard InChI is InChI=1S/C24H17N5O6S/c1-35-20-10-11-21-22(14-20)36-24(26-21)27(25-15-17-5-8-18(9-6-17)28(31)32)23(30)12-7-16-3-2-4-19(13-16)29(33)34/h2-15H,1H3/b12-7+,25-15+. The molecule has 1 aromatic heterocycles. The molecule has 0 aliphatic rings. The van der Waals surface area contributed by atoms with Gasteiger partial charge in [-0.1, -0.05) is 23.5 Å². The van der Waals surface area contributed by atoms with Crippen molar-refractivity contribution in [3.8, 4) is 5.75 Å². The van der Waals surface area contributed by atoms with E-state index >= 15 is 0 Å². The van der Waals surface area contributed by atoms with Crippen LogP contribution in [0.25, 0.3) is 16.3 Å². The second-order valence-electron chi connectivity index (χ2n) is 7.26. The summed E-state index contributed by atoms with van der Waals surface area (Å²) in [7, 11) is 1.55. The van der Waals surface area contributed by atoms with Gasteiger partial charge in [-0.05, 0) is 47.5 Å². The number of nitrogens with zero attached hydrogens (tertiary/aromatic N) is 5. The van der Waals surface area contributed by atoms with Gasteiger partial charge in [0.1, 0.15) is 5.75 Å². The third-order valence-corrected chi connectivity index (χ3v) is 5.89. The number of hydrazone groups is 1. The molecular formula is C24H17N5O6S. The summed E-state index contributed by atoms with van der Waals surface area (Å²) in [5, 5.41) is 27.6. The molecule has 0 aliphatic heterocycles. The minimum absolute atomic E-state index is 0.0694. The van der Waals surface area contributed by atoms with Gasteiger partial charge in [-0.2, -0.15) is 10.1 Å². The summed E-state index contributed by atoms with van der Waals surface area (Å²) in [6, 6.07) is 16.8. The Morgan fingerprint density at radius 3 is 2.44 bits per heavy atom. The molecule has 0 aliphatic carbocycles. The molecule has 1 heterocycles. The Bertz CT molecular complexity index is 1510. The maximum Gasteiger partial charge on any atom is 0.273 e. The number of anilines is 1. The monoisotopic (exact) mass is 503 g/mol. The molecule has 180 valence electrons. The van der Waals surface area contributed by atoms with E-state index < -0.39 is 15.8 Å². The van der Waals surface area contributed by atoms with Gasteiger partial charge in [0.05, 0.1) is 33.4 Å². The minimum atomic E-state index is -0.550. The fraction of sp³-hybridized carbons (Fsp3) is 0.0417. The first-order valence-electron chi connectivity index (χ1n) is 10.3. The number of rotatable bonds is 8. The predicted molar refractivity (Wildman–Crippen MR) is 136 cm³/mol. The Labute approximate surface area is 207 Å². The number of hydrogen-bond donors (Lipinski definition) is 0. The molecule has 3 aromatic carbocycles. The van der Waals surface area contributed by atoms with Gasteiger partial charge >= 0.3 is 0 Å². The van der Waals surface area contributed by atoms with Crippen LogP contribution < -0.4 is 9.75 Å². The molecule has 12 heteroatoms. The van der Waals surface area contributed by atoms with Gasteiger partial charge in [0.15, 0.2) is 0 Å². The molecule has 1 amide bonds. The summed E-state index contributed by atoms with van der Waals surface area (Å²) >= 11 is 1.22. The van der Waals surface area contributed by atoms with Crippen molar-refractivity contribution < 1.29 is 19.4 Å². The van der Waals surface area contributed by atoms with Crippen LogP contribution >= 0.6 is 11.3 Å². The lowest BCUT2D eigenvalue weighted by atomic mass is 10.2. The number of carbonyl (C=O) groups excluding carboxylic acids is 1. The molecule has 0 unspecified atom stereocenters. The summed E-state index contributed by atoms with van der Waals surface area (Å²) in [6.07, 6.45) is 4.06. The van der Waals surface area contributed by atoms with Gasteiger partial charge in [0.25, 0.3) is 17.3 Å². The fourth-order valence-corrected chi connectivity index (χ4v) is 4.06. The molecule has 0 bridgehead atoms. The second kappa shape index (κ2) is 10.5. The summed E-state index contributed by atoms with van der Waals surface area (Å²) in [5.41, 5.74) is 1.47. The Hall–Kier alpha value is -4.97. The normalized spacial score (nSPS) is 11.2. The number of thiazole rings is 1. The van der Waals surface area contributed by atoms with Crippen molar-refractivity contribution in [3.63, 3.8) is 0 Å². The average molecular weight is 503 g/mol. The quantitative estimate of drug-likeness (QED) is 0.139. The van der Waals surface area contributed by atoms with E-state index in [1.165, 1.54) is 72.2 Å². The van der Waals surface area contributed by atoms with Gasteiger partial charge in [-0.15, -0.1) is 0 Å². The molecule has 0 fully saturated rings. The van der Waals surface area contributed by atoms with Crippen LogP contribution in [0.5, 0.6) is 5.75 Å². The molecule has 0 spiro atoms. The van der Waals surface area contributed by atoms with Crippen LogP contribution in [0.3, 0.4) is 0 Å². The van der Waals surface area contributed by atoms with E-state index in [0.717, 1.165) is 9.71 Å². The minimum Gasteiger partial charge on any atom is -0.497 e. The van der Waals surface area contributed by atoms with Gasteiger partial charge in [0, 0.05) is 30.3 Å². The Kier molecular flexibility index (Phi) is 7.07. The summed E-state index contributed by atoms with van der Waals surface area (Å²) in [6.45, 7) is 0. The highest BCUT2D eigenvalue weighted by molar-refractivity contribution is 7.22. The van der Waals surface area contributed by atoms with E-state index in [1.807, 2.05) is 0 Å². The number of amides is 1. The number of fused-ring (bicyclic) bond motifs is 1. The molecule has 4 rings (SSSR count). The summed E-state index contributed by atoms with van der Waals surface area (Å²) in [5.74, 6) is 0.0845. The average Bonchev–Trinajstić information content (AvgIpc) is 3.30. The first-order chi connectivity index (χ1) is 17.3. The summed E-state index contributed by atoms with van der Waals surface area (Å²) < 4.78 is 6.02. The molecule has 0 saturated carbocycles. The van der Waals surface area contributed by atoms with Crippen LogP contribution in [0.2, 0.25) is 0 Å². The zero-order chi connectivity index (χ0) is 25.7. The van der Waals surface area contributed by atoms with Crippen molar-refractivity contribution in [1.82, 2.24) is 4.98 Å². The number of hydrogen-bond acceptors (Lipinski definition) is 9. The zero-order valence-corrected chi connectivity index (χ0v) is 19.5. The third-order valence-electron chi connectivity index (χ3n) is 4.90. The van der Waals surface area contributed by atoms with Crippen LogP contribution in [-0.2, 0) is 4.79 Å². The number of carbonyl (C=O) groups is 1. The van der Waals surface area contributed by atoms with Crippen molar-refractivity contribution in [2.75, 3.05) is 12.1 Å². The van der Waals surface area contributed by atoms with Crippen LogP contribution in [-0.4, -0.2) is 34.1 Å². The van der Waals surface area contributed by atoms with Gasteiger partial charge in [0.2, 0.25) is 5.13 Å². The van der Waals surface area contributed by atoms with E-state index in [1.54, 1.807) is 31.4 Å². The molecule has 0 saturated heterocycles. The molecule has 36 heavy (non-hydrogen) atoms. The maximum atomic E-state index is 13.1. The Morgan fingerprint density at radius 2 is 1.75 bits per heavy atom. The van der Waals surface area contributed by atoms with Crippen molar-refractivity contribution in [2.45, 2.75) is 0 Å². The lowest BCUT2D eigenvalue weighted by molar-refractivity contribution is -0.385. The molecule has 0 radical (unpaired) electrons. The largest absolute Gasteiger partial charge is 0.497 e. The smallest absolute Gasteiger partial charge is 0.273 e. The molecule has 0 atom stereocenters. The SMILES string of the molecule is COc1ccc2nc(N(/N=C/c3ccc([N+](=O)[O-])cc3)C(=O)/C=C/c3cccc([N+](=O)[O-])c3)sc2c1. The molecular weight excluding hydrogens is 486 g/mol.